The van der Waals surface area contributed by atoms with Crippen molar-refractivity contribution in [2.75, 3.05) is 28.4 Å². The molecule has 0 atom stereocenters. The van der Waals surface area contributed by atoms with Crippen LogP contribution >= 0.6 is 17.2 Å². The lowest BCUT2D eigenvalue weighted by molar-refractivity contribution is 0.0975. The van der Waals surface area contributed by atoms with Gasteiger partial charge in [0.05, 0.1) is 39.6 Å². The van der Waals surface area contributed by atoms with Gasteiger partial charge >= 0.3 is 17.2 Å². The Morgan fingerprint density at radius 1 is 0.304 bits per heavy atom. The second-order valence-electron chi connectivity index (χ2n) is 11.6. The maximum atomic E-state index is 14.8. The molecular formula is C42H34O12P2. The third-order valence-corrected chi connectivity index (χ3v) is 10.4. The molecule has 0 aliphatic heterocycles. The number of hydrogen-bond acceptors (Lipinski definition) is 12. The number of methoxy groups -OCH3 is 4. The zero-order valence-corrected chi connectivity index (χ0v) is 32.3. The molecule has 0 bridgehead atoms. The average molecular weight is 793 g/mol. The van der Waals surface area contributed by atoms with E-state index in [0.717, 1.165) is 0 Å². The van der Waals surface area contributed by atoms with Gasteiger partial charge < -0.3 is 46.1 Å². The molecule has 0 amide bonds. The van der Waals surface area contributed by atoms with E-state index in [1.165, 1.54) is 28.4 Å². The van der Waals surface area contributed by atoms with Crippen LogP contribution in [-0.2, 0) is 0 Å². The maximum Gasteiger partial charge on any atom is 0.530 e. The van der Waals surface area contributed by atoms with E-state index in [1.807, 2.05) is 0 Å². The summed E-state index contributed by atoms with van der Waals surface area (Å²) in [6, 6.07) is 37.4. The zero-order chi connectivity index (χ0) is 39.0. The SMILES string of the molecule is COc1ccccc1OP(Oc1ccccc1OC)Oc1cccc2c1C(=O)c1c(OP(Oc3ccccc3OC)Oc3ccccc3OC)cccc1C2=O. The summed E-state index contributed by atoms with van der Waals surface area (Å²) in [7, 11) is 1.33. The summed E-state index contributed by atoms with van der Waals surface area (Å²) < 4.78 is 59.9. The summed E-state index contributed by atoms with van der Waals surface area (Å²) in [5.74, 6) is 2.08. The van der Waals surface area contributed by atoms with Gasteiger partial charge in [-0.25, -0.2) is 0 Å². The van der Waals surface area contributed by atoms with Crippen molar-refractivity contribution in [1.82, 2.24) is 0 Å². The highest BCUT2D eigenvalue weighted by Crippen LogP contribution is 2.51. The first kappa shape index (κ1) is 37.8. The number of para-hydroxylation sites is 8. The molecule has 56 heavy (non-hydrogen) atoms. The fourth-order valence-corrected chi connectivity index (χ4v) is 7.80. The summed E-state index contributed by atoms with van der Waals surface area (Å²) in [4.78, 5) is 28.9. The topological polar surface area (TPSA) is 126 Å². The Kier molecular flexibility index (Phi) is 11.7. The fraction of sp³-hybridized carbons (Fsp3) is 0.0952. The second-order valence-corrected chi connectivity index (χ2v) is 13.6. The lowest BCUT2D eigenvalue weighted by Crippen LogP contribution is -2.23. The number of hydrogen-bond donors (Lipinski definition) is 0. The molecule has 0 radical (unpaired) electrons. The van der Waals surface area contributed by atoms with E-state index >= 15 is 0 Å². The minimum atomic E-state index is -2.35. The number of benzene rings is 6. The third-order valence-electron chi connectivity index (χ3n) is 8.31. The molecule has 12 nitrogen and oxygen atoms in total. The molecule has 0 N–H and O–H groups in total. The van der Waals surface area contributed by atoms with Gasteiger partial charge in [-0.1, -0.05) is 72.8 Å². The van der Waals surface area contributed by atoms with E-state index in [4.69, 9.17) is 46.1 Å². The first-order valence-electron chi connectivity index (χ1n) is 17.0. The smallest absolute Gasteiger partial charge is 0.493 e. The standard InChI is InChI=1S/C42H34O12P2/c1-45-29-17-5-9-21-33(29)49-55(50-34-22-10-6-18-30(34)46-2)53-37-25-13-15-27-39(37)42(44)40-28(41(27)43)16-14-26-38(40)54-56(51-35-23-11-7-19-31(35)47-3)52-36-24-12-8-20-32(36)48-4/h5-26H,1-4H3. The first-order chi connectivity index (χ1) is 27.4. The van der Waals surface area contributed by atoms with E-state index in [2.05, 4.69) is 0 Å². The van der Waals surface area contributed by atoms with E-state index in [-0.39, 0.29) is 33.8 Å². The van der Waals surface area contributed by atoms with E-state index in [1.54, 1.807) is 133 Å². The molecule has 14 heteroatoms. The third kappa shape index (κ3) is 7.98. The van der Waals surface area contributed by atoms with E-state index in [0.29, 0.717) is 46.0 Å². The van der Waals surface area contributed by atoms with Crippen LogP contribution in [0.2, 0.25) is 0 Å². The van der Waals surface area contributed by atoms with Gasteiger partial charge in [-0.05, 0) is 60.7 Å². The van der Waals surface area contributed by atoms with Crippen LogP contribution in [0.3, 0.4) is 0 Å². The van der Waals surface area contributed by atoms with Crippen molar-refractivity contribution >= 4 is 28.8 Å². The molecule has 0 saturated heterocycles. The molecule has 0 heterocycles. The molecule has 6 aromatic carbocycles. The minimum Gasteiger partial charge on any atom is -0.493 e. The van der Waals surface area contributed by atoms with Gasteiger partial charge in [-0.3, -0.25) is 9.59 Å². The van der Waals surface area contributed by atoms with Crippen molar-refractivity contribution in [2.24, 2.45) is 0 Å². The zero-order valence-electron chi connectivity index (χ0n) is 30.5. The van der Waals surface area contributed by atoms with Gasteiger partial charge in [0.1, 0.15) is 11.5 Å². The summed E-state index contributed by atoms with van der Waals surface area (Å²) in [6.45, 7) is 0. The Morgan fingerprint density at radius 3 is 0.839 bits per heavy atom. The van der Waals surface area contributed by atoms with Crippen LogP contribution in [0.1, 0.15) is 31.8 Å². The monoisotopic (exact) mass is 792 g/mol. The summed E-state index contributed by atoms with van der Waals surface area (Å²) in [5.41, 5.74) is 0.224. The van der Waals surface area contributed by atoms with Gasteiger partial charge in [-0.15, -0.1) is 0 Å². The predicted molar refractivity (Wildman–Crippen MR) is 209 cm³/mol. The van der Waals surface area contributed by atoms with Crippen molar-refractivity contribution in [3.63, 3.8) is 0 Å². The van der Waals surface area contributed by atoms with Crippen molar-refractivity contribution in [3.05, 3.63) is 156 Å². The fourth-order valence-electron chi connectivity index (χ4n) is 5.70. The molecule has 284 valence electrons. The van der Waals surface area contributed by atoms with Gasteiger partial charge in [0.15, 0.2) is 51.8 Å². The van der Waals surface area contributed by atoms with Crippen LogP contribution in [-0.4, -0.2) is 40.0 Å². The highest BCUT2D eigenvalue weighted by Gasteiger charge is 2.38. The number of carbonyl (C=O) groups excluding carboxylic acids is 2. The van der Waals surface area contributed by atoms with Gasteiger partial charge in [0.25, 0.3) is 0 Å². The number of fused-ring (bicyclic) bond motifs is 2. The molecule has 7 rings (SSSR count). The van der Waals surface area contributed by atoms with Crippen molar-refractivity contribution in [1.29, 1.82) is 0 Å². The van der Waals surface area contributed by atoms with Crippen LogP contribution in [0.25, 0.3) is 0 Å². The van der Waals surface area contributed by atoms with Crippen LogP contribution in [0, 0.1) is 0 Å². The van der Waals surface area contributed by atoms with Crippen molar-refractivity contribution in [2.45, 2.75) is 0 Å². The van der Waals surface area contributed by atoms with E-state index in [9.17, 15) is 9.59 Å². The largest absolute Gasteiger partial charge is 0.530 e. The summed E-state index contributed by atoms with van der Waals surface area (Å²) in [6.07, 6.45) is 0. The Bertz CT molecular complexity index is 2110. The first-order valence-corrected chi connectivity index (χ1v) is 19.2. The molecule has 0 aromatic heterocycles. The van der Waals surface area contributed by atoms with E-state index < -0.39 is 28.8 Å². The minimum absolute atomic E-state index is 0.0126. The second kappa shape index (κ2) is 17.3. The van der Waals surface area contributed by atoms with Gasteiger partial charge in [-0.2, -0.15) is 0 Å². The normalized spacial score (nSPS) is 11.6. The molecule has 0 fully saturated rings. The highest BCUT2D eigenvalue weighted by atomic mass is 31.2. The van der Waals surface area contributed by atoms with Gasteiger partial charge in [0.2, 0.25) is 5.78 Å². The Labute approximate surface area is 325 Å². The molecule has 0 unspecified atom stereocenters. The van der Waals surface area contributed by atoms with Crippen molar-refractivity contribution < 1.29 is 55.7 Å². The van der Waals surface area contributed by atoms with Crippen molar-refractivity contribution in [3.8, 4) is 57.5 Å². The number of ketones is 2. The summed E-state index contributed by atoms with van der Waals surface area (Å²) >= 11 is 0. The quantitative estimate of drug-likeness (QED) is 0.0865. The number of carbonyl (C=O) groups is 2. The highest BCUT2D eigenvalue weighted by molar-refractivity contribution is 7.43. The lowest BCUT2D eigenvalue weighted by atomic mass is 9.83. The molecule has 1 aliphatic carbocycles. The Hall–Kier alpha value is -6.48. The van der Waals surface area contributed by atoms with Crippen LogP contribution in [0.5, 0.6) is 57.5 Å². The molecule has 0 saturated carbocycles. The average Bonchev–Trinajstić information content (AvgIpc) is 3.23. The number of ether oxygens (including phenoxy) is 4. The molecule has 1 aliphatic rings. The van der Waals surface area contributed by atoms with Crippen LogP contribution in [0.15, 0.2) is 133 Å². The van der Waals surface area contributed by atoms with Gasteiger partial charge in [0, 0.05) is 11.1 Å². The molecule has 0 spiro atoms. The number of rotatable bonds is 16. The molecule has 6 aromatic rings. The predicted octanol–water partition coefficient (Wildman–Crippen LogP) is 10.0. The maximum absolute atomic E-state index is 14.8. The van der Waals surface area contributed by atoms with Crippen LogP contribution < -0.4 is 46.1 Å². The Morgan fingerprint density at radius 2 is 0.554 bits per heavy atom. The molecular weight excluding hydrogens is 758 g/mol. The Balaban J connectivity index is 1.26. The van der Waals surface area contributed by atoms with Crippen LogP contribution in [0.4, 0.5) is 0 Å². The lowest BCUT2D eigenvalue weighted by Gasteiger charge is -2.25. The summed E-state index contributed by atoms with van der Waals surface area (Å²) in [5, 5.41) is 0.